The lowest BCUT2D eigenvalue weighted by Crippen LogP contribution is -2.37. The molecule has 1 fully saturated rings. The van der Waals surface area contributed by atoms with Gasteiger partial charge in [-0.1, -0.05) is 10.1 Å². The van der Waals surface area contributed by atoms with Crippen LogP contribution in [0.25, 0.3) is 10.4 Å². The van der Waals surface area contributed by atoms with Crippen LogP contribution in [0.4, 0.5) is 0 Å². The van der Waals surface area contributed by atoms with E-state index in [-0.39, 0.29) is 13.1 Å². The zero-order valence-electron chi connectivity index (χ0n) is 6.16. The molecule has 12 heavy (non-hydrogen) atoms. The summed E-state index contributed by atoms with van der Waals surface area (Å²) in [5, 5.41) is 13.8. The Morgan fingerprint density at radius 3 is 3.25 bits per heavy atom. The molecule has 0 aromatic rings. The highest BCUT2D eigenvalue weighted by atomic mass is 16.7. The first-order valence-electron chi connectivity index (χ1n) is 3.29. The molecule has 0 saturated carbocycles. The zero-order chi connectivity index (χ0) is 8.97. The van der Waals surface area contributed by atoms with Gasteiger partial charge in [0.2, 0.25) is 0 Å². The molecular formula is C4H7N5O3. The fourth-order valence-electron chi connectivity index (χ4n) is 0.952. The van der Waals surface area contributed by atoms with Gasteiger partial charge in [-0.05, 0) is 5.53 Å². The van der Waals surface area contributed by atoms with Crippen LogP contribution in [0.1, 0.15) is 0 Å². The Morgan fingerprint density at radius 2 is 2.67 bits per heavy atom. The Kier molecular flexibility index (Phi) is 2.67. The van der Waals surface area contributed by atoms with Crippen LogP contribution < -0.4 is 0 Å². The number of rotatable bonds is 3. The fraction of sp³-hybridized carbons (Fsp3) is 1.00. The molecule has 0 aromatic carbocycles. The van der Waals surface area contributed by atoms with Gasteiger partial charge >= 0.3 is 0 Å². The Balaban J connectivity index is 2.51. The smallest absolute Gasteiger partial charge is 0.192 e. The molecule has 0 aromatic heterocycles. The SMILES string of the molecule is [N-]=[N+]=NCC1OCCN1[N+](=O)[O-]. The summed E-state index contributed by atoms with van der Waals surface area (Å²) in [7, 11) is 0. The van der Waals surface area contributed by atoms with E-state index in [0.29, 0.717) is 6.61 Å². The van der Waals surface area contributed by atoms with E-state index in [2.05, 4.69) is 10.0 Å². The van der Waals surface area contributed by atoms with Gasteiger partial charge in [0.05, 0.1) is 13.2 Å². The Labute approximate surface area is 67.5 Å². The highest BCUT2D eigenvalue weighted by molar-refractivity contribution is 4.64. The van der Waals surface area contributed by atoms with Gasteiger partial charge in [-0.15, -0.1) is 0 Å². The maximum atomic E-state index is 10.3. The lowest BCUT2D eigenvalue weighted by molar-refractivity contribution is -0.664. The average molecular weight is 173 g/mol. The molecule has 1 rings (SSSR count). The van der Waals surface area contributed by atoms with Crippen molar-refractivity contribution in [1.82, 2.24) is 5.01 Å². The van der Waals surface area contributed by atoms with Crippen LogP contribution in [0.15, 0.2) is 5.11 Å². The summed E-state index contributed by atoms with van der Waals surface area (Å²) in [4.78, 5) is 12.8. The molecule has 1 atom stereocenters. The minimum Gasteiger partial charge on any atom is -0.350 e. The van der Waals surface area contributed by atoms with Crippen molar-refractivity contribution in [2.75, 3.05) is 19.7 Å². The van der Waals surface area contributed by atoms with E-state index >= 15 is 0 Å². The van der Waals surface area contributed by atoms with Crippen LogP contribution >= 0.6 is 0 Å². The van der Waals surface area contributed by atoms with Crippen molar-refractivity contribution in [2.45, 2.75) is 6.23 Å². The van der Waals surface area contributed by atoms with Gasteiger partial charge in [-0.2, -0.15) is 0 Å². The number of ether oxygens (including phenoxy) is 1. The van der Waals surface area contributed by atoms with Crippen molar-refractivity contribution in [1.29, 1.82) is 0 Å². The van der Waals surface area contributed by atoms with Gasteiger partial charge in [-0.25, -0.2) is 10.1 Å². The topological polar surface area (TPSA) is 104 Å². The minimum absolute atomic E-state index is 0.0303. The zero-order valence-corrected chi connectivity index (χ0v) is 6.16. The van der Waals surface area contributed by atoms with Crippen molar-refractivity contribution >= 4 is 0 Å². The molecule has 0 aliphatic carbocycles. The Morgan fingerprint density at radius 1 is 1.92 bits per heavy atom. The van der Waals surface area contributed by atoms with Gasteiger partial charge < -0.3 is 4.74 Å². The largest absolute Gasteiger partial charge is 0.350 e. The first kappa shape index (κ1) is 8.57. The molecule has 0 radical (unpaired) electrons. The summed E-state index contributed by atoms with van der Waals surface area (Å²) in [6.45, 7) is 0.503. The van der Waals surface area contributed by atoms with Crippen LogP contribution in [0, 0.1) is 10.1 Å². The summed E-state index contributed by atoms with van der Waals surface area (Å²) < 4.78 is 4.95. The number of nitro groups is 1. The van der Waals surface area contributed by atoms with Gasteiger partial charge in [0.25, 0.3) is 0 Å². The normalized spacial score (nSPS) is 22.0. The van der Waals surface area contributed by atoms with E-state index in [1.165, 1.54) is 0 Å². The molecule has 8 heteroatoms. The third-order valence-corrected chi connectivity index (χ3v) is 1.47. The standard InChI is InChI=1S/C4H7N5O3/c5-7-6-3-4-8(9(10)11)1-2-12-4/h4H,1-3H2. The minimum atomic E-state index is -0.712. The van der Waals surface area contributed by atoms with E-state index in [1.54, 1.807) is 0 Å². The van der Waals surface area contributed by atoms with Gasteiger partial charge in [0.15, 0.2) is 11.3 Å². The van der Waals surface area contributed by atoms with Crippen molar-refractivity contribution in [2.24, 2.45) is 5.11 Å². The van der Waals surface area contributed by atoms with Crippen molar-refractivity contribution in [3.05, 3.63) is 20.6 Å². The van der Waals surface area contributed by atoms with Crippen LogP contribution in [0.2, 0.25) is 0 Å². The molecule has 0 amide bonds. The lowest BCUT2D eigenvalue weighted by atomic mass is 10.5. The molecular weight excluding hydrogens is 166 g/mol. The van der Waals surface area contributed by atoms with Crippen LogP contribution in [-0.2, 0) is 4.74 Å². The molecule has 0 bridgehead atoms. The molecule has 1 saturated heterocycles. The monoisotopic (exact) mass is 173 g/mol. The lowest BCUT2D eigenvalue weighted by Gasteiger charge is -2.11. The molecule has 1 aliphatic rings. The molecule has 1 aliphatic heterocycles. The first-order valence-corrected chi connectivity index (χ1v) is 3.29. The van der Waals surface area contributed by atoms with Gasteiger partial charge in [0, 0.05) is 4.91 Å². The van der Waals surface area contributed by atoms with Gasteiger partial charge in [-0.3, -0.25) is 0 Å². The quantitative estimate of drug-likeness (QED) is 0.199. The molecule has 0 spiro atoms. The van der Waals surface area contributed by atoms with Gasteiger partial charge in [0.1, 0.15) is 6.54 Å². The number of hydrazine groups is 1. The van der Waals surface area contributed by atoms with E-state index < -0.39 is 11.3 Å². The number of nitrogens with zero attached hydrogens (tertiary/aromatic N) is 5. The van der Waals surface area contributed by atoms with Crippen molar-refractivity contribution in [3.8, 4) is 0 Å². The highest BCUT2D eigenvalue weighted by Gasteiger charge is 2.32. The van der Waals surface area contributed by atoms with Crippen LogP contribution in [0.3, 0.4) is 0 Å². The summed E-state index contributed by atoms with van der Waals surface area (Å²) in [6, 6.07) is 0. The second-order valence-electron chi connectivity index (χ2n) is 2.14. The second-order valence-corrected chi connectivity index (χ2v) is 2.14. The predicted octanol–water partition coefficient (Wildman–Crippen LogP) is 0.147. The average Bonchev–Trinajstić information content (AvgIpc) is 2.48. The highest BCUT2D eigenvalue weighted by Crippen LogP contribution is 2.09. The van der Waals surface area contributed by atoms with E-state index in [4.69, 9.17) is 10.3 Å². The molecule has 66 valence electrons. The number of azide groups is 1. The fourth-order valence-corrected chi connectivity index (χ4v) is 0.952. The Hall–Kier alpha value is -1.53. The molecule has 0 N–H and O–H groups in total. The first-order chi connectivity index (χ1) is 5.75. The van der Waals surface area contributed by atoms with E-state index in [1.807, 2.05) is 0 Å². The maximum Gasteiger partial charge on any atom is 0.192 e. The number of hydrogen-bond donors (Lipinski definition) is 0. The molecule has 8 nitrogen and oxygen atoms in total. The Bertz CT molecular complexity index is 225. The van der Waals surface area contributed by atoms with Crippen LogP contribution in [0.5, 0.6) is 0 Å². The molecule has 1 unspecified atom stereocenters. The predicted molar refractivity (Wildman–Crippen MR) is 37.5 cm³/mol. The van der Waals surface area contributed by atoms with Crippen molar-refractivity contribution in [3.63, 3.8) is 0 Å². The third-order valence-electron chi connectivity index (χ3n) is 1.47. The van der Waals surface area contributed by atoms with E-state index in [0.717, 1.165) is 5.01 Å². The number of hydrogen-bond acceptors (Lipinski definition) is 4. The third kappa shape index (κ3) is 1.74. The maximum absolute atomic E-state index is 10.3. The summed E-state index contributed by atoms with van der Waals surface area (Å²) in [5.41, 5.74) is 7.97. The summed E-state index contributed by atoms with van der Waals surface area (Å²) in [6.07, 6.45) is -0.712. The van der Waals surface area contributed by atoms with E-state index in [9.17, 15) is 10.1 Å². The molecule has 1 heterocycles. The van der Waals surface area contributed by atoms with Crippen molar-refractivity contribution < 1.29 is 9.77 Å². The summed E-state index contributed by atoms with van der Waals surface area (Å²) >= 11 is 0. The second kappa shape index (κ2) is 3.74. The summed E-state index contributed by atoms with van der Waals surface area (Å²) in [5.74, 6) is 0. The van der Waals surface area contributed by atoms with Crippen LogP contribution in [-0.4, -0.2) is 36.0 Å².